The molecule has 2 heterocycles. The fourth-order valence-electron chi connectivity index (χ4n) is 3.25. The molecule has 0 fully saturated rings. The van der Waals surface area contributed by atoms with E-state index < -0.39 is 5.97 Å². The number of hydrogen-bond donors (Lipinski definition) is 0. The van der Waals surface area contributed by atoms with Crippen LogP contribution in [0, 0.1) is 13.8 Å². The van der Waals surface area contributed by atoms with E-state index in [9.17, 15) is 4.79 Å². The van der Waals surface area contributed by atoms with Crippen LogP contribution < -0.4 is 9.47 Å². The summed E-state index contributed by atoms with van der Waals surface area (Å²) in [5.41, 5.74) is 4.06. The summed E-state index contributed by atoms with van der Waals surface area (Å²) in [5.74, 6) is 1.78. The average molecular weight is 460 g/mol. The van der Waals surface area contributed by atoms with Crippen LogP contribution in [-0.2, 0) is 22.7 Å². The Morgan fingerprint density at radius 1 is 0.971 bits per heavy atom. The van der Waals surface area contributed by atoms with Crippen molar-refractivity contribution in [3.05, 3.63) is 89.0 Å². The van der Waals surface area contributed by atoms with Gasteiger partial charge in [-0.25, -0.2) is 4.79 Å². The lowest BCUT2D eigenvalue weighted by molar-refractivity contribution is -0.139. The molecular formula is C26H24N2O6. The van der Waals surface area contributed by atoms with E-state index in [1.165, 1.54) is 6.08 Å². The van der Waals surface area contributed by atoms with Crippen LogP contribution in [0.25, 0.3) is 17.3 Å². The molecule has 2 aromatic heterocycles. The van der Waals surface area contributed by atoms with Gasteiger partial charge in [0.25, 0.3) is 0 Å². The first-order valence-corrected chi connectivity index (χ1v) is 10.6. The predicted octanol–water partition coefficient (Wildman–Crippen LogP) is 5.29. The molecule has 0 radical (unpaired) electrons. The summed E-state index contributed by atoms with van der Waals surface area (Å²) in [6.07, 6.45) is 2.98. The van der Waals surface area contributed by atoms with Gasteiger partial charge in [0, 0.05) is 17.7 Å². The molecule has 8 heteroatoms. The van der Waals surface area contributed by atoms with Crippen molar-refractivity contribution >= 4 is 12.0 Å². The molecular weight excluding hydrogens is 436 g/mol. The van der Waals surface area contributed by atoms with E-state index in [0.29, 0.717) is 29.6 Å². The second kappa shape index (κ2) is 10.5. The number of carbonyl (C=O) groups excluding carboxylic acids is 1. The van der Waals surface area contributed by atoms with Gasteiger partial charge in [-0.05, 0) is 37.6 Å². The van der Waals surface area contributed by atoms with Gasteiger partial charge in [-0.3, -0.25) is 0 Å². The number of rotatable bonds is 9. The lowest BCUT2D eigenvalue weighted by Crippen LogP contribution is -2.00. The third-order valence-electron chi connectivity index (χ3n) is 5.14. The predicted molar refractivity (Wildman–Crippen MR) is 124 cm³/mol. The van der Waals surface area contributed by atoms with Crippen LogP contribution in [0.5, 0.6) is 11.5 Å². The molecule has 0 aliphatic carbocycles. The first-order valence-electron chi connectivity index (χ1n) is 10.6. The maximum Gasteiger partial charge on any atom is 0.331 e. The molecule has 0 bridgehead atoms. The molecule has 0 saturated carbocycles. The molecule has 0 spiro atoms. The molecule has 0 atom stereocenters. The minimum atomic E-state index is -0.504. The largest absolute Gasteiger partial charge is 0.493 e. The van der Waals surface area contributed by atoms with Crippen molar-refractivity contribution in [2.45, 2.75) is 27.1 Å². The SMILES string of the molecule is COc1cc(/C=C/C(=O)OCc2cc(-c3ccccc3)no2)ccc1OCc1c(C)noc1C. The maximum absolute atomic E-state index is 12.1. The molecule has 174 valence electrons. The van der Waals surface area contributed by atoms with Crippen molar-refractivity contribution in [1.29, 1.82) is 0 Å². The Labute approximate surface area is 196 Å². The standard InChI is InChI=1S/C26H24N2O6/c1-17-22(18(2)33-27-17)16-31-24-11-9-19(13-25(24)30-3)10-12-26(29)32-15-21-14-23(28-34-21)20-7-5-4-6-8-20/h4-14H,15-16H2,1-3H3/b12-10+. The summed E-state index contributed by atoms with van der Waals surface area (Å²) < 4.78 is 27.0. The summed E-state index contributed by atoms with van der Waals surface area (Å²) in [4.78, 5) is 12.1. The Hall–Kier alpha value is -4.33. The van der Waals surface area contributed by atoms with Crippen molar-refractivity contribution in [3.63, 3.8) is 0 Å². The molecule has 0 amide bonds. The number of methoxy groups -OCH3 is 1. The zero-order chi connectivity index (χ0) is 23.9. The number of carbonyl (C=O) groups is 1. The second-order valence-corrected chi connectivity index (χ2v) is 7.49. The van der Waals surface area contributed by atoms with E-state index in [0.717, 1.165) is 28.1 Å². The monoisotopic (exact) mass is 460 g/mol. The second-order valence-electron chi connectivity index (χ2n) is 7.49. The summed E-state index contributed by atoms with van der Waals surface area (Å²) in [5, 5.41) is 7.93. The van der Waals surface area contributed by atoms with Gasteiger partial charge >= 0.3 is 5.97 Å². The van der Waals surface area contributed by atoms with Crippen LogP contribution >= 0.6 is 0 Å². The van der Waals surface area contributed by atoms with Crippen LogP contribution in [0.1, 0.15) is 28.3 Å². The fourth-order valence-corrected chi connectivity index (χ4v) is 3.25. The number of aromatic nitrogens is 2. The summed E-state index contributed by atoms with van der Waals surface area (Å²) in [7, 11) is 1.56. The Morgan fingerprint density at radius 2 is 1.79 bits per heavy atom. The minimum absolute atomic E-state index is 0.0131. The van der Waals surface area contributed by atoms with E-state index in [-0.39, 0.29) is 6.61 Å². The lowest BCUT2D eigenvalue weighted by atomic mass is 10.1. The highest BCUT2D eigenvalue weighted by molar-refractivity contribution is 5.87. The first kappa shape index (κ1) is 22.8. The first-order chi connectivity index (χ1) is 16.5. The van der Waals surface area contributed by atoms with Crippen molar-refractivity contribution in [2.24, 2.45) is 0 Å². The number of aryl methyl sites for hydroxylation is 2. The third kappa shape index (κ3) is 5.53. The fraction of sp³-hybridized carbons (Fsp3) is 0.192. The molecule has 34 heavy (non-hydrogen) atoms. The van der Waals surface area contributed by atoms with Crippen molar-refractivity contribution in [3.8, 4) is 22.8 Å². The number of ether oxygens (including phenoxy) is 3. The van der Waals surface area contributed by atoms with E-state index in [1.807, 2.05) is 50.2 Å². The van der Waals surface area contributed by atoms with E-state index >= 15 is 0 Å². The minimum Gasteiger partial charge on any atom is -0.493 e. The van der Waals surface area contributed by atoms with Crippen LogP contribution in [0.4, 0.5) is 0 Å². The molecule has 8 nitrogen and oxygen atoms in total. The summed E-state index contributed by atoms with van der Waals surface area (Å²) >= 11 is 0. The Balaban J connectivity index is 1.33. The van der Waals surface area contributed by atoms with Gasteiger partial charge in [0.1, 0.15) is 18.1 Å². The van der Waals surface area contributed by atoms with E-state index in [1.54, 1.807) is 31.4 Å². The molecule has 4 aromatic rings. The normalized spacial score (nSPS) is 11.0. The topological polar surface area (TPSA) is 96.8 Å². The number of benzene rings is 2. The summed E-state index contributed by atoms with van der Waals surface area (Å²) in [6, 6.07) is 16.7. The van der Waals surface area contributed by atoms with Gasteiger partial charge in [-0.2, -0.15) is 0 Å². The average Bonchev–Trinajstić information content (AvgIpc) is 3.47. The summed E-state index contributed by atoms with van der Waals surface area (Å²) in [6.45, 7) is 4.00. The number of hydrogen-bond acceptors (Lipinski definition) is 8. The molecule has 0 saturated heterocycles. The molecule has 0 unspecified atom stereocenters. The van der Waals surface area contributed by atoms with Crippen LogP contribution in [-0.4, -0.2) is 23.4 Å². The highest BCUT2D eigenvalue weighted by atomic mass is 16.5. The molecule has 0 aliphatic rings. The van der Waals surface area contributed by atoms with E-state index in [4.69, 9.17) is 23.3 Å². The number of esters is 1. The van der Waals surface area contributed by atoms with Crippen molar-refractivity contribution < 1.29 is 28.1 Å². The molecule has 4 rings (SSSR count). The van der Waals surface area contributed by atoms with Gasteiger partial charge in [0.15, 0.2) is 23.9 Å². The van der Waals surface area contributed by atoms with Crippen molar-refractivity contribution in [2.75, 3.05) is 7.11 Å². The van der Waals surface area contributed by atoms with Gasteiger partial charge in [-0.15, -0.1) is 0 Å². The number of nitrogens with zero attached hydrogens (tertiary/aromatic N) is 2. The Kier molecular flexibility index (Phi) is 7.07. The van der Waals surface area contributed by atoms with Crippen molar-refractivity contribution in [1.82, 2.24) is 10.3 Å². The highest BCUT2D eigenvalue weighted by Crippen LogP contribution is 2.30. The molecule has 0 N–H and O–H groups in total. The van der Waals surface area contributed by atoms with Gasteiger partial charge in [0.2, 0.25) is 0 Å². The Bertz CT molecular complexity index is 1270. The third-order valence-corrected chi connectivity index (χ3v) is 5.14. The lowest BCUT2D eigenvalue weighted by Gasteiger charge is -2.11. The van der Waals surface area contributed by atoms with Crippen LogP contribution in [0.15, 0.2) is 69.7 Å². The van der Waals surface area contributed by atoms with Crippen LogP contribution in [0.3, 0.4) is 0 Å². The quantitative estimate of drug-likeness (QED) is 0.245. The Morgan fingerprint density at radius 3 is 2.53 bits per heavy atom. The van der Waals surface area contributed by atoms with Gasteiger partial charge < -0.3 is 23.3 Å². The highest BCUT2D eigenvalue weighted by Gasteiger charge is 2.12. The smallest absolute Gasteiger partial charge is 0.331 e. The zero-order valence-electron chi connectivity index (χ0n) is 19.1. The maximum atomic E-state index is 12.1. The van der Waals surface area contributed by atoms with Crippen LogP contribution in [0.2, 0.25) is 0 Å². The van der Waals surface area contributed by atoms with Gasteiger partial charge in [0.05, 0.1) is 18.4 Å². The molecule has 0 aliphatic heterocycles. The van der Waals surface area contributed by atoms with Gasteiger partial charge in [-0.1, -0.05) is 46.7 Å². The zero-order valence-corrected chi connectivity index (χ0v) is 19.1. The molecule has 2 aromatic carbocycles. The van der Waals surface area contributed by atoms with E-state index in [2.05, 4.69) is 10.3 Å².